The number of sulfonamides is 1. The molecule has 6 nitrogen and oxygen atoms in total. The van der Waals surface area contributed by atoms with Gasteiger partial charge in [0.25, 0.3) is 10.0 Å². The van der Waals surface area contributed by atoms with Crippen molar-refractivity contribution < 1.29 is 13.2 Å². The number of nitrogens with one attached hydrogen (secondary N) is 1. The molecular formula is C18H20BrN3O3S. The van der Waals surface area contributed by atoms with Crippen LogP contribution >= 0.6 is 15.9 Å². The average Bonchev–Trinajstić information content (AvgIpc) is 3.21. The summed E-state index contributed by atoms with van der Waals surface area (Å²) in [5, 5.41) is 4.12. The van der Waals surface area contributed by atoms with E-state index in [2.05, 4.69) is 25.8 Å². The van der Waals surface area contributed by atoms with Gasteiger partial charge in [-0.1, -0.05) is 34.5 Å². The maximum absolute atomic E-state index is 12.5. The van der Waals surface area contributed by atoms with Gasteiger partial charge in [-0.15, -0.1) is 0 Å². The lowest BCUT2D eigenvalue weighted by Crippen LogP contribution is -2.32. The number of rotatable bonds is 6. The van der Waals surface area contributed by atoms with E-state index in [1.165, 1.54) is 18.8 Å². The van der Waals surface area contributed by atoms with Gasteiger partial charge < -0.3 is 0 Å². The Morgan fingerprint density at radius 3 is 2.65 bits per heavy atom. The second-order valence-electron chi connectivity index (χ2n) is 7.16. The third kappa shape index (κ3) is 3.71. The van der Waals surface area contributed by atoms with Crippen molar-refractivity contribution in [2.45, 2.75) is 43.0 Å². The topological polar surface area (TPSA) is 81.1 Å². The normalized spacial score (nSPS) is 22.7. The molecule has 1 heterocycles. The molecule has 26 heavy (non-hydrogen) atoms. The minimum Gasteiger partial charge on any atom is -0.274 e. The summed E-state index contributed by atoms with van der Waals surface area (Å²) in [5.41, 5.74) is 1.05. The van der Waals surface area contributed by atoms with E-state index in [-0.39, 0.29) is 16.7 Å². The summed E-state index contributed by atoms with van der Waals surface area (Å²) in [7, 11) is -3.87. The van der Waals surface area contributed by atoms with E-state index >= 15 is 0 Å². The summed E-state index contributed by atoms with van der Waals surface area (Å²) in [6, 6.07) is 7.77. The molecule has 1 amide bonds. The van der Waals surface area contributed by atoms with Crippen LogP contribution in [0.5, 0.6) is 0 Å². The second kappa shape index (κ2) is 6.81. The van der Waals surface area contributed by atoms with Gasteiger partial charge in [0.05, 0.1) is 6.20 Å². The van der Waals surface area contributed by atoms with Crippen molar-refractivity contribution in [3.05, 3.63) is 46.7 Å². The van der Waals surface area contributed by atoms with Gasteiger partial charge >= 0.3 is 0 Å². The fourth-order valence-corrected chi connectivity index (χ4v) is 4.60. The molecule has 8 heteroatoms. The highest BCUT2D eigenvalue weighted by Gasteiger charge is 2.45. The first-order valence-electron chi connectivity index (χ1n) is 8.77. The third-order valence-corrected chi connectivity index (χ3v) is 7.08. The minimum atomic E-state index is -3.87. The average molecular weight is 438 g/mol. The molecule has 2 saturated carbocycles. The van der Waals surface area contributed by atoms with Crippen LogP contribution in [0.2, 0.25) is 0 Å². The largest absolute Gasteiger partial charge is 0.274 e. The monoisotopic (exact) mass is 437 g/mol. The van der Waals surface area contributed by atoms with Crippen LogP contribution in [-0.2, 0) is 21.4 Å². The van der Waals surface area contributed by atoms with Crippen LogP contribution in [0.15, 0.2) is 46.0 Å². The molecule has 1 aromatic carbocycles. The molecule has 0 saturated heterocycles. The number of carbonyl (C=O) groups excluding carboxylic acids is 1. The maximum Gasteiger partial charge on any atom is 0.267 e. The standard InChI is InChI=1S/C18H20BrN3O3S/c19-14-6-4-13(5-7-14)16-8-17(16)18(23)21-26(24,25)15-9-20-22(11-15)10-12-2-1-3-12/h4-7,9,11-12,16-17H,1-3,8,10H2,(H,21,23)/t16-,17+/m0/s1. The molecule has 0 aliphatic heterocycles. The predicted molar refractivity (Wildman–Crippen MR) is 99.9 cm³/mol. The first kappa shape index (κ1) is 17.7. The molecule has 0 bridgehead atoms. The van der Waals surface area contributed by atoms with Gasteiger partial charge in [0.15, 0.2) is 0 Å². The number of hydrogen-bond acceptors (Lipinski definition) is 4. The van der Waals surface area contributed by atoms with Crippen molar-refractivity contribution in [3.8, 4) is 0 Å². The van der Waals surface area contributed by atoms with Crippen molar-refractivity contribution in [1.29, 1.82) is 0 Å². The van der Waals surface area contributed by atoms with Crippen LogP contribution in [0.4, 0.5) is 0 Å². The highest BCUT2D eigenvalue weighted by Crippen LogP contribution is 2.47. The zero-order chi connectivity index (χ0) is 18.3. The second-order valence-corrected chi connectivity index (χ2v) is 9.76. The van der Waals surface area contributed by atoms with E-state index in [9.17, 15) is 13.2 Å². The van der Waals surface area contributed by atoms with E-state index in [4.69, 9.17) is 0 Å². The number of halogens is 1. The Kier molecular flexibility index (Phi) is 4.64. The van der Waals surface area contributed by atoms with Gasteiger partial charge in [-0.25, -0.2) is 13.1 Å². The number of carbonyl (C=O) groups is 1. The Balaban J connectivity index is 1.38. The van der Waals surface area contributed by atoms with E-state index in [1.807, 2.05) is 24.3 Å². The molecule has 138 valence electrons. The number of aromatic nitrogens is 2. The van der Waals surface area contributed by atoms with Gasteiger partial charge in [-0.3, -0.25) is 9.48 Å². The predicted octanol–water partition coefficient (Wildman–Crippen LogP) is 3.05. The molecule has 4 rings (SSSR count). The Bertz CT molecular complexity index is 919. The van der Waals surface area contributed by atoms with Crippen molar-refractivity contribution >= 4 is 31.9 Å². The number of benzene rings is 1. The molecule has 0 spiro atoms. The van der Waals surface area contributed by atoms with Gasteiger partial charge in [0.1, 0.15) is 4.90 Å². The molecular weight excluding hydrogens is 418 g/mol. The summed E-state index contributed by atoms with van der Waals surface area (Å²) < 4.78 is 29.8. The Morgan fingerprint density at radius 2 is 2.00 bits per heavy atom. The van der Waals surface area contributed by atoms with E-state index in [0.29, 0.717) is 12.3 Å². The summed E-state index contributed by atoms with van der Waals surface area (Å²) in [4.78, 5) is 12.4. The molecule has 0 radical (unpaired) electrons. The molecule has 1 aromatic heterocycles. The summed E-state index contributed by atoms with van der Waals surface area (Å²) in [5.74, 6) is -0.0709. The quantitative estimate of drug-likeness (QED) is 0.752. The fourth-order valence-electron chi connectivity index (χ4n) is 3.35. The lowest BCUT2D eigenvalue weighted by molar-refractivity contribution is -0.120. The van der Waals surface area contributed by atoms with E-state index in [1.54, 1.807) is 4.68 Å². The van der Waals surface area contributed by atoms with E-state index in [0.717, 1.165) is 29.4 Å². The first-order chi connectivity index (χ1) is 12.4. The van der Waals surface area contributed by atoms with Crippen LogP contribution in [0.3, 0.4) is 0 Å². The molecule has 1 N–H and O–H groups in total. The molecule has 2 aliphatic rings. The Morgan fingerprint density at radius 1 is 1.27 bits per heavy atom. The first-order valence-corrected chi connectivity index (χ1v) is 11.0. The maximum atomic E-state index is 12.5. The van der Waals surface area contributed by atoms with Crippen LogP contribution in [-0.4, -0.2) is 24.1 Å². The van der Waals surface area contributed by atoms with Crippen molar-refractivity contribution in [3.63, 3.8) is 0 Å². The van der Waals surface area contributed by atoms with Gasteiger partial charge in [0.2, 0.25) is 5.91 Å². The SMILES string of the molecule is O=C(NS(=O)(=O)c1cnn(CC2CCC2)c1)[C@@H]1C[C@H]1c1ccc(Br)cc1. The third-order valence-electron chi connectivity index (χ3n) is 5.25. The summed E-state index contributed by atoms with van der Waals surface area (Å²) >= 11 is 3.38. The van der Waals surface area contributed by atoms with Gasteiger partial charge in [0, 0.05) is 23.1 Å². The summed E-state index contributed by atoms with van der Waals surface area (Å²) in [6.45, 7) is 0.734. The Hall–Kier alpha value is -1.67. The minimum absolute atomic E-state index is 0.0472. The highest BCUT2D eigenvalue weighted by atomic mass is 79.9. The van der Waals surface area contributed by atoms with Gasteiger partial charge in [-0.05, 0) is 48.8 Å². The van der Waals surface area contributed by atoms with Crippen molar-refractivity contribution in [1.82, 2.24) is 14.5 Å². The fraction of sp³-hybridized carbons (Fsp3) is 0.444. The van der Waals surface area contributed by atoms with E-state index < -0.39 is 15.9 Å². The van der Waals surface area contributed by atoms with Crippen LogP contribution in [0.1, 0.15) is 37.2 Å². The van der Waals surface area contributed by atoms with Crippen LogP contribution in [0.25, 0.3) is 0 Å². The smallest absolute Gasteiger partial charge is 0.267 e. The Labute approximate surface area is 161 Å². The molecule has 2 fully saturated rings. The van der Waals surface area contributed by atoms with Crippen molar-refractivity contribution in [2.75, 3.05) is 0 Å². The zero-order valence-electron chi connectivity index (χ0n) is 14.1. The number of amides is 1. The summed E-state index contributed by atoms with van der Waals surface area (Å²) in [6.07, 6.45) is 7.05. The van der Waals surface area contributed by atoms with Gasteiger partial charge in [-0.2, -0.15) is 5.10 Å². The number of nitrogens with zero attached hydrogens (tertiary/aromatic N) is 2. The molecule has 2 aliphatic carbocycles. The highest BCUT2D eigenvalue weighted by molar-refractivity contribution is 9.10. The van der Waals surface area contributed by atoms with Crippen LogP contribution in [0, 0.1) is 11.8 Å². The van der Waals surface area contributed by atoms with Crippen molar-refractivity contribution in [2.24, 2.45) is 11.8 Å². The molecule has 0 unspecified atom stereocenters. The lowest BCUT2D eigenvalue weighted by Gasteiger charge is -2.24. The number of hydrogen-bond donors (Lipinski definition) is 1. The molecule has 2 atom stereocenters. The molecule has 2 aromatic rings. The zero-order valence-corrected chi connectivity index (χ0v) is 16.5. The van der Waals surface area contributed by atoms with Crippen LogP contribution < -0.4 is 4.72 Å². The lowest BCUT2D eigenvalue weighted by atomic mass is 9.85.